The average molecular weight is 432 g/mol. The molecule has 8 heteroatoms. The molecule has 1 unspecified atom stereocenters. The summed E-state index contributed by atoms with van der Waals surface area (Å²) in [5, 5.41) is 2.21. The Balaban J connectivity index is 1.32. The highest BCUT2D eigenvalue weighted by Gasteiger charge is 2.44. The van der Waals surface area contributed by atoms with Crippen LogP contribution in [0.15, 0.2) is 48.5 Å². The molecule has 0 aromatic heterocycles. The van der Waals surface area contributed by atoms with E-state index in [0.29, 0.717) is 17.7 Å². The SMILES string of the molecule is N[C@@H]1CN(Cc2ccc3c(c2)C(=O)N(C2CCC(=O)NC2=O)C3=O)C[C@H]1c1ccccc1. The zero-order valence-corrected chi connectivity index (χ0v) is 17.5. The molecule has 3 heterocycles. The maximum atomic E-state index is 13.0. The number of imide groups is 2. The predicted molar refractivity (Wildman–Crippen MR) is 116 cm³/mol. The maximum absolute atomic E-state index is 13.0. The largest absolute Gasteiger partial charge is 0.326 e. The summed E-state index contributed by atoms with van der Waals surface area (Å²) in [5.74, 6) is -1.71. The second-order valence-corrected chi connectivity index (χ2v) is 8.70. The molecule has 0 spiro atoms. The Kier molecular flexibility index (Phi) is 5.11. The van der Waals surface area contributed by atoms with Gasteiger partial charge in [-0.25, -0.2) is 0 Å². The van der Waals surface area contributed by atoms with E-state index in [1.807, 2.05) is 24.3 Å². The van der Waals surface area contributed by atoms with Crippen molar-refractivity contribution in [3.05, 3.63) is 70.8 Å². The van der Waals surface area contributed by atoms with Gasteiger partial charge in [-0.2, -0.15) is 0 Å². The zero-order chi connectivity index (χ0) is 22.4. The van der Waals surface area contributed by atoms with Crippen LogP contribution in [0.25, 0.3) is 0 Å². The summed E-state index contributed by atoms with van der Waals surface area (Å²) in [6.45, 7) is 2.17. The van der Waals surface area contributed by atoms with Crippen molar-refractivity contribution in [3.8, 4) is 0 Å². The first kappa shape index (κ1) is 20.5. The van der Waals surface area contributed by atoms with Crippen LogP contribution < -0.4 is 11.1 Å². The lowest BCUT2D eigenvalue weighted by Gasteiger charge is -2.27. The molecule has 32 heavy (non-hydrogen) atoms. The van der Waals surface area contributed by atoms with Crippen molar-refractivity contribution in [2.24, 2.45) is 5.73 Å². The lowest BCUT2D eigenvalue weighted by molar-refractivity contribution is -0.136. The molecule has 164 valence electrons. The minimum atomic E-state index is -0.952. The van der Waals surface area contributed by atoms with Gasteiger partial charge in [0.15, 0.2) is 0 Å². The standard InChI is InChI=1S/C24H24N4O4/c25-19-13-27(12-18(19)15-4-2-1-3-5-15)11-14-6-7-16-17(10-14)24(32)28(23(16)31)20-8-9-21(29)26-22(20)30/h1-7,10,18-20H,8-9,11-13,25H2,(H,26,29,30)/t18-,19+,20?/m0/s1. The van der Waals surface area contributed by atoms with Gasteiger partial charge in [0.25, 0.3) is 11.8 Å². The van der Waals surface area contributed by atoms with Gasteiger partial charge in [0.2, 0.25) is 11.8 Å². The Morgan fingerprint density at radius 2 is 1.69 bits per heavy atom. The summed E-state index contributed by atoms with van der Waals surface area (Å²) < 4.78 is 0. The number of hydrogen-bond acceptors (Lipinski definition) is 6. The fourth-order valence-electron chi connectivity index (χ4n) is 4.97. The molecule has 3 atom stereocenters. The molecule has 2 aromatic carbocycles. The molecule has 2 saturated heterocycles. The number of carbonyl (C=O) groups excluding carboxylic acids is 4. The first-order chi connectivity index (χ1) is 15.4. The maximum Gasteiger partial charge on any atom is 0.262 e. The molecule has 3 aliphatic rings. The molecule has 8 nitrogen and oxygen atoms in total. The lowest BCUT2D eigenvalue weighted by Crippen LogP contribution is -2.54. The van der Waals surface area contributed by atoms with Gasteiger partial charge in [0.05, 0.1) is 11.1 Å². The van der Waals surface area contributed by atoms with E-state index in [1.54, 1.807) is 12.1 Å². The third-order valence-electron chi connectivity index (χ3n) is 6.58. The van der Waals surface area contributed by atoms with Crippen LogP contribution in [0.1, 0.15) is 50.6 Å². The van der Waals surface area contributed by atoms with E-state index in [-0.39, 0.29) is 30.7 Å². The number of nitrogens with zero attached hydrogens (tertiary/aromatic N) is 2. The zero-order valence-electron chi connectivity index (χ0n) is 17.5. The number of benzene rings is 2. The third-order valence-corrected chi connectivity index (χ3v) is 6.58. The Morgan fingerprint density at radius 1 is 0.938 bits per heavy atom. The fourth-order valence-corrected chi connectivity index (χ4v) is 4.97. The van der Waals surface area contributed by atoms with E-state index in [4.69, 9.17) is 5.73 Å². The molecule has 5 rings (SSSR count). The number of fused-ring (bicyclic) bond motifs is 1. The molecule has 0 radical (unpaired) electrons. The van der Waals surface area contributed by atoms with Gasteiger partial charge in [-0.05, 0) is 29.7 Å². The second kappa shape index (κ2) is 7.96. The van der Waals surface area contributed by atoms with E-state index in [0.717, 1.165) is 23.6 Å². The van der Waals surface area contributed by atoms with Crippen LogP contribution in [-0.2, 0) is 16.1 Å². The summed E-state index contributed by atoms with van der Waals surface area (Å²) in [6.07, 6.45) is 0.252. The predicted octanol–water partition coefficient (Wildman–Crippen LogP) is 1.01. The quantitative estimate of drug-likeness (QED) is 0.698. The number of carbonyl (C=O) groups is 4. The number of nitrogens with one attached hydrogen (secondary N) is 1. The number of piperidine rings is 1. The van der Waals surface area contributed by atoms with Gasteiger partial charge in [-0.15, -0.1) is 0 Å². The summed E-state index contributed by atoms with van der Waals surface area (Å²) in [5.41, 5.74) is 9.13. The minimum Gasteiger partial charge on any atom is -0.326 e. The molecule has 2 aromatic rings. The second-order valence-electron chi connectivity index (χ2n) is 8.70. The van der Waals surface area contributed by atoms with Gasteiger partial charge in [-0.1, -0.05) is 36.4 Å². The third kappa shape index (κ3) is 3.51. The monoisotopic (exact) mass is 432 g/mol. The highest BCUT2D eigenvalue weighted by atomic mass is 16.2. The molecule has 0 bridgehead atoms. The van der Waals surface area contributed by atoms with Gasteiger partial charge in [0, 0.05) is 38.0 Å². The van der Waals surface area contributed by atoms with Crippen LogP contribution >= 0.6 is 0 Å². The topological polar surface area (TPSA) is 113 Å². The molecule has 4 amide bonds. The van der Waals surface area contributed by atoms with Crippen LogP contribution in [0.2, 0.25) is 0 Å². The summed E-state index contributed by atoms with van der Waals surface area (Å²) in [7, 11) is 0. The van der Waals surface area contributed by atoms with Crippen LogP contribution in [0, 0.1) is 0 Å². The summed E-state index contributed by atoms with van der Waals surface area (Å²) in [4.78, 5) is 52.8. The minimum absolute atomic E-state index is 0.0260. The fraction of sp³-hybridized carbons (Fsp3) is 0.333. The van der Waals surface area contributed by atoms with E-state index in [2.05, 4.69) is 22.3 Å². The highest BCUT2D eigenvalue weighted by molar-refractivity contribution is 6.23. The summed E-state index contributed by atoms with van der Waals surface area (Å²) in [6, 6.07) is 14.5. The summed E-state index contributed by atoms with van der Waals surface area (Å²) >= 11 is 0. The number of nitrogens with two attached hydrogens (primary N) is 1. The van der Waals surface area contributed by atoms with Crippen molar-refractivity contribution in [1.82, 2.24) is 15.1 Å². The molecule has 0 aliphatic carbocycles. The molecular weight excluding hydrogens is 408 g/mol. The van der Waals surface area contributed by atoms with Gasteiger partial charge in [0.1, 0.15) is 6.04 Å². The highest BCUT2D eigenvalue weighted by Crippen LogP contribution is 2.30. The van der Waals surface area contributed by atoms with Crippen LogP contribution in [-0.4, -0.2) is 58.6 Å². The van der Waals surface area contributed by atoms with E-state index >= 15 is 0 Å². The molecule has 3 N–H and O–H groups in total. The van der Waals surface area contributed by atoms with Crippen molar-refractivity contribution in [2.75, 3.05) is 13.1 Å². The van der Waals surface area contributed by atoms with Crippen molar-refractivity contribution in [1.29, 1.82) is 0 Å². The van der Waals surface area contributed by atoms with E-state index in [1.165, 1.54) is 5.56 Å². The van der Waals surface area contributed by atoms with Crippen molar-refractivity contribution in [3.63, 3.8) is 0 Å². The van der Waals surface area contributed by atoms with Gasteiger partial charge < -0.3 is 5.73 Å². The van der Waals surface area contributed by atoms with Crippen molar-refractivity contribution >= 4 is 23.6 Å². The molecule has 3 aliphatic heterocycles. The number of rotatable bonds is 4. The van der Waals surface area contributed by atoms with E-state index in [9.17, 15) is 19.2 Å². The smallest absolute Gasteiger partial charge is 0.262 e. The normalized spacial score (nSPS) is 25.9. The lowest BCUT2D eigenvalue weighted by atomic mass is 9.95. The number of hydrogen-bond donors (Lipinski definition) is 2. The van der Waals surface area contributed by atoms with Gasteiger partial charge >= 0.3 is 0 Å². The number of amides is 4. The Hall–Kier alpha value is -3.36. The Labute approximate surface area is 185 Å². The first-order valence-electron chi connectivity index (χ1n) is 10.8. The van der Waals surface area contributed by atoms with Crippen LogP contribution in [0.5, 0.6) is 0 Å². The van der Waals surface area contributed by atoms with Crippen LogP contribution in [0.4, 0.5) is 0 Å². The van der Waals surface area contributed by atoms with Gasteiger partial charge in [-0.3, -0.25) is 34.3 Å². The average Bonchev–Trinajstić information content (AvgIpc) is 3.26. The van der Waals surface area contributed by atoms with Crippen LogP contribution in [0.3, 0.4) is 0 Å². The number of likely N-dealkylation sites (tertiary alicyclic amines) is 1. The molecular formula is C24H24N4O4. The molecule has 0 saturated carbocycles. The van der Waals surface area contributed by atoms with E-state index < -0.39 is 23.8 Å². The molecule has 2 fully saturated rings. The Bertz CT molecular complexity index is 1120. The van der Waals surface area contributed by atoms with Crippen molar-refractivity contribution in [2.45, 2.75) is 37.4 Å². The van der Waals surface area contributed by atoms with Crippen molar-refractivity contribution < 1.29 is 19.2 Å². The Morgan fingerprint density at radius 3 is 2.44 bits per heavy atom. The first-order valence-corrected chi connectivity index (χ1v) is 10.8.